The SMILES string of the molecule is Cc1ccc([C@H]2C[C@@H](C(F)(F)F)n3nc(-c4nc5c6cnn(C)c6ncn5n4)cc3N2)cc1C. The molecule has 9 nitrogen and oxygen atoms in total. The van der Waals surface area contributed by atoms with Gasteiger partial charge in [-0.05, 0) is 30.5 Å². The van der Waals surface area contributed by atoms with E-state index in [1.54, 1.807) is 24.0 Å². The van der Waals surface area contributed by atoms with Crippen molar-refractivity contribution in [1.29, 1.82) is 0 Å². The fourth-order valence-electron chi connectivity index (χ4n) is 4.43. The third kappa shape index (κ3) is 3.12. The van der Waals surface area contributed by atoms with Gasteiger partial charge in [0.05, 0.1) is 17.6 Å². The number of aromatic nitrogens is 8. The lowest BCUT2D eigenvalue weighted by molar-refractivity contribution is -0.173. The van der Waals surface area contributed by atoms with Gasteiger partial charge in [0.25, 0.3) is 0 Å². The van der Waals surface area contributed by atoms with Crippen LogP contribution in [-0.2, 0) is 7.05 Å². The molecule has 1 aliphatic heterocycles. The van der Waals surface area contributed by atoms with Crippen LogP contribution >= 0.6 is 0 Å². The number of aryl methyl sites for hydroxylation is 3. The minimum atomic E-state index is -4.46. The maximum Gasteiger partial charge on any atom is 0.410 e. The fraction of sp³-hybridized carbons (Fsp3) is 0.318. The first-order valence-corrected chi connectivity index (χ1v) is 10.7. The standard InChI is InChI=1S/C22H20F3N9/c1-11-4-5-13(6-12(11)2)15-7-17(22(23,24)25)34-18(28-15)8-16(30-34)19-29-21-14-9-27-32(3)20(14)26-10-33(21)31-19/h4-6,8-10,15,17,28H,7H2,1-3H3/t15-,17+/m1/s1. The average Bonchev–Trinajstić information content (AvgIpc) is 3.50. The predicted octanol–water partition coefficient (Wildman–Crippen LogP) is 4.15. The monoisotopic (exact) mass is 467 g/mol. The molecule has 0 saturated heterocycles. The Morgan fingerprint density at radius 1 is 1.06 bits per heavy atom. The zero-order chi connectivity index (χ0) is 23.8. The second-order valence-electron chi connectivity index (χ2n) is 8.65. The van der Waals surface area contributed by atoms with Crippen molar-refractivity contribution in [3.63, 3.8) is 0 Å². The summed E-state index contributed by atoms with van der Waals surface area (Å²) in [7, 11) is 1.77. The largest absolute Gasteiger partial charge is 0.410 e. The van der Waals surface area contributed by atoms with Gasteiger partial charge >= 0.3 is 6.18 Å². The second kappa shape index (κ2) is 7.02. The molecule has 0 saturated carbocycles. The summed E-state index contributed by atoms with van der Waals surface area (Å²) in [6, 6.07) is 5.03. The first kappa shape index (κ1) is 20.6. The summed E-state index contributed by atoms with van der Waals surface area (Å²) in [5.41, 5.74) is 4.32. The molecule has 4 aromatic heterocycles. The summed E-state index contributed by atoms with van der Waals surface area (Å²) in [6.07, 6.45) is -1.50. The van der Waals surface area contributed by atoms with Gasteiger partial charge in [0.1, 0.15) is 17.8 Å². The number of anilines is 1. The van der Waals surface area contributed by atoms with E-state index in [0.717, 1.165) is 21.4 Å². The van der Waals surface area contributed by atoms with E-state index in [0.29, 0.717) is 16.7 Å². The van der Waals surface area contributed by atoms with Crippen LogP contribution in [0.5, 0.6) is 0 Å². The van der Waals surface area contributed by atoms with Crippen LogP contribution in [0, 0.1) is 13.8 Å². The molecule has 0 radical (unpaired) electrons. The van der Waals surface area contributed by atoms with Crippen molar-refractivity contribution < 1.29 is 13.2 Å². The Labute approximate surface area is 191 Å². The van der Waals surface area contributed by atoms with Crippen LogP contribution in [-0.4, -0.2) is 45.3 Å². The minimum absolute atomic E-state index is 0.168. The molecule has 1 aliphatic rings. The quantitative estimate of drug-likeness (QED) is 0.420. The minimum Gasteiger partial charge on any atom is -0.363 e. The number of fused-ring (bicyclic) bond motifs is 4. The zero-order valence-corrected chi connectivity index (χ0v) is 18.5. The Morgan fingerprint density at radius 2 is 1.88 bits per heavy atom. The van der Waals surface area contributed by atoms with Gasteiger partial charge < -0.3 is 5.32 Å². The van der Waals surface area contributed by atoms with Crippen LogP contribution in [0.25, 0.3) is 28.2 Å². The maximum absolute atomic E-state index is 14.1. The normalized spacial score (nSPS) is 18.4. The number of alkyl halides is 3. The van der Waals surface area contributed by atoms with E-state index in [2.05, 4.69) is 30.6 Å². The number of rotatable bonds is 2. The number of nitrogens with zero attached hydrogens (tertiary/aromatic N) is 8. The van der Waals surface area contributed by atoms with Crippen molar-refractivity contribution in [2.24, 2.45) is 7.05 Å². The molecule has 0 unspecified atom stereocenters. The molecule has 0 amide bonds. The second-order valence-corrected chi connectivity index (χ2v) is 8.65. The third-order valence-corrected chi connectivity index (χ3v) is 6.42. The Bertz CT molecular complexity index is 1560. The summed E-state index contributed by atoms with van der Waals surface area (Å²) in [6.45, 7) is 3.93. The Morgan fingerprint density at radius 3 is 2.65 bits per heavy atom. The molecule has 0 fully saturated rings. The van der Waals surface area contributed by atoms with Gasteiger partial charge in [-0.1, -0.05) is 18.2 Å². The van der Waals surface area contributed by atoms with E-state index in [9.17, 15) is 13.2 Å². The van der Waals surface area contributed by atoms with E-state index >= 15 is 0 Å². The van der Waals surface area contributed by atoms with Crippen molar-refractivity contribution in [1.82, 2.24) is 39.1 Å². The summed E-state index contributed by atoms with van der Waals surface area (Å²) < 4.78 is 46.3. The van der Waals surface area contributed by atoms with E-state index in [1.165, 1.54) is 10.8 Å². The smallest absolute Gasteiger partial charge is 0.363 e. The highest BCUT2D eigenvalue weighted by Crippen LogP contribution is 2.44. The molecule has 1 N–H and O–H groups in total. The highest BCUT2D eigenvalue weighted by Gasteiger charge is 2.46. The molecule has 6 rings (SSSR count). The van der Waals surface area contributed by atoms with Crippen molar-refractivity contribution in [2.45, 2.75) is 38.5 Å². The Kier molecular flexibility index (Phi) is 4.26. The molecule has 12 heteroatoms. The van der Waals surface area contributed by atoms with Gasteiger partial charge in [0, 0.05) is 19.5 Å². The van der Waals surface area contributed by atoms with E-state index in [-0.39, 0.29) is 23.8 Å². The predicted molar refractivity (Wildman–Crippen MR) is 118 cm³/mol. The molecule has 5 heterocycles. The molecule has 0 bridgehead atoms. The molecular formula is C22H20F3N9. The summed E-state index contributed by atoms with van der Waals surface area (Å²) >= 11 is 0. The zero-order valence-electron chi connectivity index (χ0n) is 18.5. The van der Waals surface area contributed by atoms with Crippen molar-refractivity contribution in [2.75, 3.05) is 5.32 Å². The van der Waals surface area contributed by atoms with Crippen LogP contribution in [0.2, 0.25) is 0 Å². The topological polar surface area (TPSA) is 90.8 Å². The molecule has 34 heavy (non-hydrogen) atoms. The molecule has 0 spiro atoms. The highest BCUT2D eigenvalue weighted by molar-refractivity contribution is 5.88. The Hall–Kier alpha value is -3.96. The summed E-state index contributed by atoms with van der Waals surface area (Å²) in [5.74, 6) is 0.487. The van der Waals surface area contributed by atoms with Crippen LogP contribution in [0.15, 0.2) is 36.8 Å². The van der Waals surface area contributed by atoms with Gasteiger partial charge in [-0.3, -0.25) is 4.68 Å². The van der Waals surface area contributed by atoms with Gasteiger partial charge in [0.2, 0.25) is 5.82 Å². The highest BCUT2D eigenvalue weighted by atomic mass is 19.4. The van der Waals surface area contributed by atoms with E-state index < -0.39 is 18.3 Å². The van der Waals surface area contributed by atoms with Crippen LogP contribution in [0.3, 0.4) is 0 Å². The van der Waals surface area contributed by atoms with Crippen LogP contribution in [0.1, 0.15) is 35.2 Å². The molecule has 0 aliphatic carbocycles. The third-order valence-electron chi connectivity index (χ3n) is 6.42. The number of halogens is 3. The molecule has 5 aromatic rings. The van der Waals surface area contributed by atoms with Crippen LogP contribution in [0.4, 0.5) is 19.0 Å². The van der Waals surface area contributed by atoms with Crippen LogP contribution < -0.4 is 5.32 Å². The number of benzene rings is 1. The summed E-state index contributed by atoms with van der Waals surface area (Å²) in [5, 5.41) is 16.8. The first-order chi connectivity index (χ1) is 16.2. The van der Waals surface area contributed by atoms with E-state index in [4.69, 9.17) is 0 Å². The van der Waals surface area contributed by atoms with Crippen molar-refractivity contribution >= 4 is 22.5 Å². The number of hydrogen-bond acceptors (Lipinski definition) is 6. The molecule has 2 atom stereocenters. The van der Waals surface area contributed by atoms with Gasteiger partial charge in [0.15, 0.2) is 17.3 Å². The lowest BCUT2D eigenvalue weighted by Crippen LogP contribution is -2.35. The Balaban J connectivity index is 1.44. The van der Waals surface area contributed by atoms with Crippen molar-refractivity contribution in [3.05, 3.63) is 53.5 Å². The fourth-order valence-corrected chi connectivity index (χ4v) is 4.43. The lowest BCUT2D eigenvalue weighted by atomic mass is 9.94. The van der Waals surface area contributed by atoms with Gasteiger partial charge in [-0.2, -0.15) is 23.4 Å². The van der Waals surface area contributed by atoms with E-state index in [1.807, 2.05) is 32.0 Å². The molecular weight excluding hydrogens is 447 g/mol. The van der Waals surface area contributed by atoms with Crippen molar-refractivity contribution in [3.8, 4) is 11.5 Å². The number of nitrogens with one attached hydrogen (secondary N) is 1. The summed E-state index contributed by atoms with van der Waals surface area (Å²) in [4.78, 5) is 8.84. The number of hydrogen-bond donors (Lipinski definition) is 1. The maximum atomic E-state index is 14.1. The lowest BCUT2D eigenvalue weighted by Gasteiger charge is -2.33. The molecule has 174 valence electrons. The molecule has 1 aromatic carbocycles. The first-order valence-electron chi connectivity index (χ1n) is 10.7. The van der Waals surface area contributed by atoms with Gasteiger partial charge in [-0.25, -0.2) is 19.2 Å². The average molecular weight is 467 g/mol. The van der Waals surface area contributed by atoms with Gasteiger partial charge in [-0.15, -0.1) is 5.10 Å².